The summed E-state index contributed by atoms with van der Waals surface area (Å²) in [6.07, 6.45) is 15.3. The Labute approximate surface area is 546 Å². The highest BCUT2D eigenvalue weighted by Crippen LogP contribution is 2.60. The molecule has 6 aromatic heterocycles. The molecule has 9 aromatic rings. The van der Waals surface area contributed by atoms with Crippen LogP contribution in [0.4, 0.5) is 0 Å². The van der Waals surface area contributed by atoms with Crippen molar-refractivity contribution in [2.24, 2.45) is 17.8 Å². The van der Waals surface area contributed by atoms with Crippen molar-refractivity contribution in [3.63, 3.8) is 0 Å². The Balaban J connectivity index is 0.000000149. The van der Waals surface area contributed by atoms with E-state index in [0.717, 1.165) is 59.8 Å². The van der Waals surface area contributed by atoms with Crippen LogP contribution in [0.3, 0.4) is 0 Å². The van der Waals surface area contributed by atoms with Gasteiger partial charge in [0, 0.05) is 36.3 Å². The van der Waals surface area contributed by atoms with Crippen LogP contribution in [0.15, 0.2) is 177 Å². The molecule has 21 nitrogen and oxygen atoms in total. The van der Waals surface area contributed by atoms with Gasteiger partial charge in [-0.15, -0.1) is 46.0 Å². The molecule has 3 aliphatic rings. The third kappa shape index (κ3) is 12.9. The number of terminal acetylenes is 1. The van der Waals surface area contributed by atoms with Gasteiger partial charge >= 0.3 is 17.9 Å². The smallest absolute Gasteiger partial charge is 0.325 e. The number of aliphatic carboxylic acids is 3. The van der Waals surface area contributed by atoms with Gasteiger partial charge < -0.3 is 15.3 Å². The van der Waals surface area contributed by atoms with E-state index in [2.05, 4.69) is 89.1 Å². The van der Waals surface area contributed by atoms with E-state index in [0.29, 0.717) is 20.6 Å². The highest BCUT2D eigenvalue weighted by atomic mass is 127. The van der Waals surface area contributed by atoms with Gasteiger partial charge in [-0.3, -0.25) is 14.4 Å². The quantitative estimate of drug-likeness (QED) is 0.0265. The standard InChI is InChI=1S/C23H25N3O4S2Si.C20H17N3O4S2.C18H16IN3O4S2/c1-16-21(18-8-6-5-7-9-18)23(16,22(27)28)25-32(29,30)20-11-10-19(31-20)26-15-17(14-24-26)12-13-33(2,3)4;1-3-14-11-21-23(12-14)16-9-10-17(28-16)29(26,27)22-20(19(24)25)13(2)18(20)15-7-5-4-6-8-15;1-11-16(12-5-3-2-4-6-12)18(11,17(23)24)21-28(25,26)15-8-7-14(27-15)22-10-13(19)9-20-22/h5-11,14-16,21,25H,1-4H3,(H,27,28);1,4-13,18,22H,2H3,(H,24,25);2-11,16,21H,1H3,(H,23,24)/t16?,21-,23+;13?,18-,20+;11?,16-,18+/m111/s1. The van der Waals surface area contributed by atoms with E-state index in [9.17, 15) is 55.0 Å². The lowest BCUT2D eigenvalue weighted by atomic mass is 10.1. The normalized spacial score (nSPS) is 23.3. The number of sulfonamides is 3. The maximum atomic E-state index is 13.2. The van der Waals surface area contributed by atoms with Crippen LogP contribution in [0.1, 0.15) is 66.3 Å². The zero-order valence-electron chi connectivity index (χ0n) is 48.7. The Morgan fingerprint density at radius 3 is 1.11 bits per heavy atom. The molecule has 6 N–H and O–H groups in total. The van der Waals surface area contributed by atoms with Crippen LogP contribution in [-0.2, 0) is 44.5 Å². The van der Waals surface area contributed by atoms with Crippen molar-refractivity contribution in [3.05, 3.63) is 196 Å². The highest BCUT2D eigenvalue weighted by molar-refractivity contribution is 14.1. The van der Waals surface area contributed by atoms with Crippen molar-refractivity contribution in [1.82, 2.24) is 43.5 Å². The van der Waals surface area contributed by atoms with Crippen LogP contribution in [-0.4, -0.2) is 113 Å². The van der Waals surface area contributed by atoms with Crippen molar-refractivity contribution in [1.29, 1.82) is 0 Å². The summed E-state index contributed by atoms with van der Waals surface area (Å²) in [6.45, 7) is 11.7. The minimum absolute atomic E-state index is 0.0109. The zero-order chi connectivity index (χ0) is 64.9. The third-order valence-corrected chi connectivity index (χ3v) is 26.5. The lowest BCUT2D eigenvalue weighted by molar-refractivity contribution is -0.141. The Morgan fingerprint density at radius 2 is 0.822 bits per heavy atom. The maximum Gasteiger partial charge on any atom is 0.325 e. The first-order valence-corrected chi connectivity index (χ1v) is 39.0. The molecular formula is C61H58IN9O12S6Si. The van der Waals surface area contributed by atoms with Gasteiger partial charge in [0.1, 0.15) is 52.3 Å². The van der Waals surface area contributed by atoms with E-state index >= 15 is 0 Å². The summed E-state index contributed by atoms with van der Waals surface area (Å²) in [4.78, 5) is 36.4. The van der Waals surface area contributed by atoms with Crippen LogP contribution in [0.5, 0.6) is 0 Å². The van der Waals surface area contributed by atoms with E-state index in [1.54, 1.807) is 79.3 Å². The van der Waals surface area contributed by atoms with E-state index in [1.807, 2.05) is 91.0 Å². The molecule has 0 spiro atoms. The van der Waals surface area contributed by atoms with Crippen molar-refractivity contribution < 1.29 is 55.0 Å². The van der Waals surface area contributed by atoms with Gasteiger partial charge in [-0.2, -0.15) is 29.5 Å². The number of carboxylic acids is 3. The molecule has 90 heavy (non-hydrogen) atoms. The lowest BCUT2D eigenvalue weighted by Crippen LogP contribution is -2.45. The average molecular weight is 1460 g/mol. The van der Waals surface area contributed by atoms with E-state index in [-0.39, 0.29) is 30.4 Å². The number of benzene rings is 3. The van der Waals surface area contributed by atoms with Crippen molar-refractivity contribution in [2.45, 2.75) is 87.4 Å². The minimum atomic E-state index is -4.06. The molecule has 3 fully saturated rings. The Hall–Kier alpha value is -7.40. The number of halogens is 1. The van der Waals surface area contributed by atoms with Gasteiger partial charge in [-0.25, -0.2) is 39.3 Å². The molecule has 0 saturated heterocycles. The molecule has 3 aromatic carbocycles. The number of aromatic nitrogens is 6. The van der Waals surface area contributed by atoms with Gasteiger partial charge in [0.25, 0.3) is 30.1 Å². The second-order valence-electron chi connectivity index (χ2n) is 22.7. The summed E-state index contributed by atoms with van der Waals surface area (Å²) in [5.74, 6) is -0.404. The fourth-order valence-electron chi connectivity index (χ4n) is 11.2. The van der Waals surface area contributed by atoms with Crippen LogP contribution >= 0.6 is 56.6 Å². The molecular weight excluding hydrogens is 1400 g/mol. The summed E-state index contributed by atoms with van der Waals surface area (Å²) < 4.78 is 91.4. The summed E-state index contributed by atoms with van der Waals surface area (Å²) in [7, 11) is -13.6. The Morgan fingerprint density at radius 1 is 0.511 bits per heavy atom. The van der Waals surface area contributed by atoms with Gasteiger partial charge in [0.05, 0.1) is 33.3 Å². The summed E-state index contributed by atoms with van der Waals surface area (Å²) in [6, 6.07) is 36.6. The topological polar surface area (TPSA) is 304 Å². The molecule has 29 heteroatoms. The van der Waals surface area contributed by atoms with Crippen LogP contribution in [0, 0.1) is 45.1 Å². The number of carboxylic acid groups (broad SMARTS) is 3. The maximum absolute atomic E-state index is 13.2. The van der Waals surface area contributed by atoms with E-state index in [1.165, 1.54) is 29.1 Å². The molecule has 466 valence electrons. The minimum Gasteiger partial charge on any atom is -0.480 e. The fraction of sp³-hybridized carbons (Fsp3) is 0.246. The molecule has 6 heterocycles. The summed E-state index contributed by atoms with van der Waals surface area (Å²) >= 11 is 5.17. The zero-order valence-corrected chi connectivity index (χ0v) is 56.7. The van der Waals surface area contributed by atoms with Gasteiger partial charge in [-0.1, -0.05) is 143 Å². The predicted octanol–water partition coefficient (Wildman–Crippen LogP) is 9.22. The number of nitrogens with one attached hydrogen (secondary N) is 3. The first-order valence-electron chi connectivity index (χ1n) is 27.6. The second-order valence-corrected chi connectivity index (χ2v) is 37.7. The van der Waals surface area contributed by atoms with Crippen molar-refractivity contribution in [3.8, 4) is 38.8 Å². The predicted molar refractivity (Wildman–Crippen MR) is 352 cm³/mol. The third-order valence-electron chi connectivity index (χ3n) is 15.9. The fourth-order valence-corrected chi connectivity index (χ4v) is 20.1. The summed E-state index contributed by atoms with van der Waals surface area (Å²) in [5, 5.41) is 44.1. The largest absolute Gasteiger partial charge is 0.480 e. The molecule has 0 radical (unpaired) electrons. The number of nitrogens with zero attached hydrogens (tertiary/aromatic N) is 6. The molecule has 3 saturated carbocycles. The molecule has 0 bridgehead atoms. The number of carbonyl (C=O) groups is 3. The Kier molecular flexibility index (Phi) is 18.2. The van der Waals surface area contributed by atoms with Gasteiger partial charge in [0.2, 0.25) is 0 Å². The first kappa shape index (κ1) is 65.5. The number of rotatable bonds is 18. The molecule has 9 atom stereocenters. The molecule has 0 amide bonds. The lowest BCUT2D eigenvalue weighted by Gasteiger charge is -2.15. The van der Waals surface area contributed by atoms with Crippen LogP contribution < -0.4 is 14.2 Å². The van der Waals surface area contributed by atoms with E-state index < -0.39 is 90.4 Å². The molecule has 12 rings (SSSR count). The van der Waals surface area contributed by atoms with Crippen LogP contribution in [0.2, 0.25) is 19.6 Å². The monoisotopic (exact) mass is 1460 g/mol. The van der Waals surface area contributed by atoms with E-state index in [4.69, 9.17) is 6.42 Å². The van der Waals surface area contributed by atoms with Gasteiger partial charge in [0.15, 0.2) is 0 Å². The first-order chi connectivity index (χ1) is 42.5. The average Bonchev–Trinajstić information content (AvgIpc) is 1.55. The summed E-state index contributed by atoms with van der Waals surface area (Å²) in [5.41, 5.74) is 2.29. The molecule has 3 aliphatic carbocycles. The highest BCUT2D eigenvalue weighted by Gasteiger charge is 2.72. The SMILES string of the molecule is C#Cc1cnn(-c2ccc(S(=O)(=O)N[C@@]3(C(=O)O)C(C)[C@@H]3c3ccccc3)s2)c1.CC1[C@H](c2ccccc2)[C@]1(NS(=O)(=O)c1ccc(-n2cc(C#C[Si](C)(C)C)cn2)s1)C(=O)O.CC1[C@H](c2ccccc2)[C@]1(NS(=O)(=O)c1ccc(-n2cc(I)cn2)s1)C(=O)O. The number of hydrogen-bond acceptors (Lipinski definition) is 15. The van der Waals surface area contributed by atoms with Crippen molar-refractivity contribution in [2.75, 3.05) is 0 Å². The van der Waals surface area contributed by atoms with Crippen molar-refractivity contribution >= 4 is 113 Å². The number of hydrogen-bond donors (Lipinski definition) is 6. The van der Waals surface area contributed by atoms with Crippen LogP contribution in [0.25, 0.3) is 15.0 Å². The van der Waals surface area contributed by atoms with Gasteiger partial charge in [-0.05, 0) is 93.4 Å². The molecule has 3 unspecified atom stereocenters. The molecule has 0 aliphatic heterocycles. The number of thiophene rings is 3. The second kappa shape index (κ2) is 25.0. The Bertz CT molecular complexity index is 4660.